The van der Waals surface area contributed by atoms with Crippen molar-refractivity contribution in [2.45, 2.75) is 29.1 Å². The fraction of sp³-hybridized carbons (Fsp3) is 0.846. The predicted molar refractivity (Wildman–Crippen MR) is 72.3 cm³/mol. The van der Waals surface area contributed by atoms with Crippen molar-refractivity contribution < 1.29 is 9.47 Å². The summed E-state index contributed by atoms with van der Waals surface area (Å²) in [4.78, 5) is 0. The highest BCUT2D eigenvalue weighted by Gasteiger charge is 2.55. The predicted octanol–water partition coefficient (Wildman–Crippen LogP) is 2.89. The Morgan fingerprint density at radius 3 is 2.47 bits per heavy atom. The molecule has 4 heteroatoms. The van der Waals surface area contributed by atoms with Gasteiger partial charge < -0.3 is 9.47 Å². The van der Waals surface area contributed by atoms with Crippen molar-refractivity contribution in [3.63, 3.8) is 0 Å². The minimum Gasteiger partial charge on any atom is -0.347 e. The average Bonchev–Trinajstić information content (AvgIpc) is 2.92. The van der Waals surface area contributed by atoms with Gasteiger partial charge in [0, 0.05) is 29.8 Å². The van der Waals surface area contributed by atoms with Crippen molar-refractivity contribution in [3.8, 4) is 0 Å². The second-order valence-corrected chi connectivity index (χ2v) is 8.47. The van der Waals surface area contributed by atoms with Crippen molar-refractivity contribution in [2.75, 3.05) is 24.7 Å². The van der Waals surface area contributed by atoms with Crippen LogP contribution in [0.1, 0.15) is 19.3 Å². The van der Waals surface area contributed by atoms with Crippen LogP contribution in [0.4, 0.5) is 0 Å². The molecule has 2 unspecified atom stereocenters. The van der Waals surface area contributed by atoms with Gasteiger partial charge in [-0.15, -0.1) is 23.5 Å². The number of hydrogen-bond acceptors (Lipinski definition) is 4. The first-order chi connectivity index (χ1) is 8.33. The summed E-state index contributed by atoms with van der Waals surface area (Å²) in [7, 11) is 0. The molecule has 3 aliphatic carbocycles. The molecular weight excluding hydrogens is 252 g/mol. The van der Waals surface area contributed by atoms with Gasteiger partial charge in [0.15, 0.2) is 5.79 Å². The van der Waals surface area contributed by atoms with Crippen LogP contribution in [0.5, 0.6) is 0 Å². The van der Waals surface area contributed by atoms with E-state index in [4.69, 9.17) is 9.47 Å². The van der Waals surface area contributed by atoms with Crippen LogP contribution < -0.4 is 0 Å². The van der Waals surface area contributed by atoms with Gasteiger partial charge in [0.05, 0.1) is 17.3 Å². The minimum absolute atomic E-state index is 0.265. The summed E-state index contributed by atoms with van der Waals surface area (Å²) in [6.07, 6.45) is 8.39. The zero-order valence-electron chi connectivity index (χ0n) is 9.89. The van der Waals surface area contributed by atoms with Gasteiger partial charge in [0.1, 0.15) is 0 Å². The first-order valence-electron chi connectivity index (χ1n) is 6.57. The Morgan fingerprint density at radius 2 is 1.71 bits per heavy atom. The average molecular weight is 270 g/mol. The lowest BCUT2D eigenvalue weighted by atomic mass is 9.87. The van der Waals surface area contributed by atoms with Gasteiger partial charge in [-0.2, -0.15) is 0 Å². The van der Waals surface area contributed by atoms with Crippen molar-refractivity contribution >= 4 is 23.5 Å². The Kier molecular flexibility index (Phi) is 2.59. The molecule has 1 saturated carbocycles. The van der Waals surface area contributed by atoms with E-state index in [1.54, 1.807) is 0 Å². The van der Waals surface area contributed by atoms with Crippen LogP contribution in [-0.2, 0) is 9.47 Å². The molecule has 0 radical (unpaired) electrons. The molecule has 0 aromatic heterocycles. The van der Waals surface area contributed by atoms with Gasteiger partial charge in [-0.05, 0) is 12.8 Å². The fourth-order valence-corrected chi connectivity index (χ4v) is 7.34. The first-order valence-corrected chi connectivity index (χ1v) is 8.54. The molecule has 5 rings (SSSR count). The van der Waals surface area contributed by atoms with Crippen molar-refractivity contribution in [3.05, 3.63) is 12.2 Å². The fourth-order valence-electron chi connectivity index (χ4n) is 3.73. The molecule has 2 saturated heterocycles. The van der Waals surface area contributed by atoms with Gasteiger partial charge in [-0.25, -0.2) is 0 Å². The lowest BCUT2D eigenvalue weighted by Gasteiger charge is -2.39. The van der Waals surface area contributed by atoms with Crippen molar-refractivity contribution in [2.24, 2.45) is 11.8 Å². The summed E-state index contributed by atoms with van der Waals surface area (Å²) in [6.45, 7) is 1.56. The Labute approximate surface area is 111 Å². The summed E-state index contributed by atoms with van der Waals surface area (Å²) in [5.74, 6) is 3.57. The Bertz CT molecular complexity index is 333. The van der Waals surface area contributed by atoms with Gasteiger partial charge in [-0.1, -0.05) is 12.2 Å². The molecular formula is C13H18O2S2. The standard InChI is InChI=1S/C13H18O2S2/c1-2-11-9-13(16-7-8-17-13)10(1)3-4-12(11)14-5-6-15-12/h1-2,10-11H,3-9H2. The van der Waals surface area contributed by atoms with Crippen LogP contribution in [-0.4, -0.2) is 34.6 Å². The number of fused-ring (bicyclic) bond motifs is 1. The van der Waals surface area contributed by atoms with E-state index in [0.717, 1.165) is 25.6 Å². The number of rotatable bonds is 0. The maximum Gasteiger partial charge on any atom is 0.174 e. The molecule has 2 nitrogen and oxygen atoms in total. The van der Waals surface area contributed by atoms with Crippen molar-refractivity contribution in [1.29, 1.82) is 0 Å². The highest BCUT2D eigenvalue weighted by molar-refractivity contribution is 8.21. The molecule has 94 valence electrons. The Balaban J connectivity index is 1.70. The lowest BCUT2D eigenvalue weighted by Crippen LogP contribution is -2.40. The normalized spacial score (nSPS) is 41.4. The van der Waals surface area contributed by atoms with Crippen LogP contribution in [0.15, 0.2) is 12.2 Å². The van der Waals surface area contributed by atoms with E-state index in [0.29, 0.717) is 10.00 Å². The number of allylic oxidation sites excluding steroid dienone is 1. The lowest BCUT2D eigenvalue weighted by molar-refractivity contribution is -0.187. The van der Waals surface area contributed by atoms with E-state index in [-0.39, 0.29) is 5.79 Å². The third-order valence-electron chi connectivity index (χ3n) is 4.57. The first kappa shape index (κ1) is 11.2. The zero-order valence-corrected chi connectivity index (χ0v) is 11.5. The van der Waals surface area contributed by atoms with E-state index in [1.807, 2.05) is 0 Å². The van der Waals surface area contributed by atoms with Gasteiger partial charge in [0.2, 0.25) is 0 Å². The maximum atomic E-state index is 6.00. The number of hydrogen-bond donors (Lipinski definition) is 0. The Hall–Kier alpha value is 0.360. The smallest absolute Gasteiger partial charge is 0.174 e. The topological polar surface area (TPSA) is 18.5 Å². The zero-order chi connectivity index (χ0) is 11.3. The molecule has 17 heavy (non-hydrogen) atoms. The van der Waals surface area contributed by atoms with Gasteiger partial charge in [0.25, 0.3) is 0 Å². The summed E-state index contributed by atoms with van der Waals surface area (Å²) >= 11 is 4.37. The summed E-state index contributed by atoms with van der Waals surface area (Å²) in [5, 5.41) is 0. The third kappa shape index (κ3) is 1.57. The largest absolute Gasteiger partial charge is 0.347 e. The molecule has 5 aliphatic rings. The highest BCUT2D eigenvalue weighted by Crippen LogP contribution is 2.61. The number of ether oxygens (including phenoxy) is 2. The SMILES string of the molecule is C1=CC2CCC3(OCCO3)C1CC21SCCS1. The second-order valence-electron chi connectivity index (χ2n) is 5.36. The van der Waals surface area contributed by atoms with Crippen LogP contribution in [0.2, 0.25) is 0 Å². The van der Waals surface area contributed by atoms with Gasteiger partial charge >= 0.3 is 0 Å². The summed E-state index contributed by atoms with van der Waals surface area (Å²) in [5.41, 5.74) is 0. The van der Waals surface area contributed by atoms with E-state index in [1.165, 1.54) is 24.3 Å². The molecule has 2 heterocycles. The van der Waals surface area contributed by atoms with Crippen LogP contribution in [0, 0.1) is 11.8 Å². The maximum absolute atomic E-state index is 6.00. The summed E-state index contributed by atoms with van der Waals surface area (Å²) < 4.78 is 12.4. The van der Waals surface area contributed by atoms with Crippen LogP contribution >= 0.6 is 23.5 Å². The third-order valence-corrected chi connectivity index (χ3v) is 8.26. The van der Waals surface area contributed by atoms with E-state index in [2.05, 4.69) is 35.7 Å². The molecule has 3 fully saturated rings. The van der Waals surface area contributed by atoms with Crippen LogP contribution in [0.25, 0.3) is 0 Å². The molecule has 0 aromatic carbocycles. The Morgan fingerprint density at radius 1 is 1.00 bits per heavy atom. The second kappa shape index (κ2) is 3.92. The minimum atomic E-state index is -0.265. The monoisotopic (exact) mass is 270 g/mol. The molecule has 2 atom stereocenters. The molecule has 2 aliphatic heterocycles. The summed E-state index contributed by atoms with van der Waals surface area (Å²) in [6, 6.07) is 0. The number of thioether (sulfide) groups is 2. The molecule has 0 N–H and O–H groups in total. The van der Waals surface area contributed by atoms with Crippen molar-refractivity contribution in [1.82, 2.24) is 0 Å². The van der Waals surface area contributed by atoms with Gasteiger partial charge in [-0.3, -0.25) is 0 Å². The van der Waals surface area contributed by atoms with Crippen LogP contribution in [0.3, 0.4) is 0 Å². The molecule has 2 spiro atoms. The van der Waals surface area contributed by atoms with E-state index in [9.17, 15) is 0 Å². The highest BCUT2D eigenvalue weighted by atomic mass is 32.2. The molecule has 2 bridgehead atoms. The van der Waals surface area contributed by atoms with E-state index >= 15 is 0 Å². The molecule has 0 amide bonds. The molecule has 0 aromatic rings. The quantitative estimate of drug-likeness (QED) is 0.630. The van der Waals surface area contributed by atoms with E-state index < -0.39 is 0 Å².